The van der Waals surface area contributed by atoms with Crippen LogP contribution in [0.2, 0.25) is 5.02 Å². The van der Waals surface area contributed by atoms with E-state index in [1.165, 1.54) is 14.2 Å². The highest BCUT2D eigenvalue weighted by molar-refractivity contribution is 6.32. The zero-order valence-electron chi connectivity index (χ0n) is 17.3. The molecule has 2 aliphatic rings. The maximum atomic E-state index is 13.0. The van der Waals surface area contributed by atoms with Gasteiger partial charge < -0.3 is 28.7 Å². The van der Waals surface area contributed by atoms with Gasteiger partial charge in [0.05, 0.1) is 19.2 Å². The van der Waals surface area contributed by atoms with Crippen LogP contribution in [0, 0.1) is 0 Å². The lowest BCUT2D eigenvalue weighted by atomic mass is 10.1. The topological polar surface area (TPSA) is 77.5 Å². The largest absolute Gasteiger partial charge is 0.493 e. The summed E-state index contributed by atoms with van der Waals surface area (Å²) in [6, 6.07) is 10.4. The van der Waals surface area contributed by atoms with Crippen LogP contribution in [0.5, 0.6) is 23.0 Å². The maximum Gasteiger partial charge on any atom is 0.267 e. The van der Waals surface area contributed by atoms with Gasteiger partial charge in [0.25, 0.3) is 11.8 Å². The lowest BCUT2D eigenvalue weighted by Crippen LogP contribution is -2.55. The van der Waals surface area contributed by atoms with Gasteiger partial charge in [-0.25, -0.2) is 0 Å². The normalized spacial score (nSPS) is 17.8. The van der Waals surface area contributed by atoms with Crippen LogP contribution in [0.1, 0.15) is 10.4 Å². The van der Waals surface area contributed by atoms with Crippen molar-refractivity contribution in [3.8, 4) is 23.0 Å². The zero-order valence-corrected chi connectivity index (χ0v) is 18.1. The summed E-state index contributed by atoms with van der Waals surface area (Å²) < 4.78 is 22.0. The van der Waals surface area contributed by atoms with Crippen molar-refractivity contribution < 1.29 is 28.5 Å². The van der Waals surface area contributed by atoms with Crippen LogP contribution in [0.15, 0.2) is 36.4 Å². The molecule has 2 aliphatic heterocycles. The van der Waals surface area contributed by atoms with E-state index in [1.54, 1.807) is 34.1 Å². The quantitative estimate of drug-likeness (QED) is 0.718. The van der Waals surface area contributed by atoms with Gasteiger partial charge in [-0.15, -0.1) is 0 Å². The van der Waals surface area contributed by atoms with Gasteiger partial charge in [0.15, 0.2) is 23.0 Å². The third-order valence-electron chi connectivity index (χ3n) is 5.34. The van der Waals surface area contributed by atoms with E-state index in [1.807, 2.05) is 12.1 Å². The van der Waals surface area contributed by atoms with Crippen molar-refractivity contribution in [2.24, 2.45) is 0 Å². The molecule has 1 saturated heterocycles. The molecule has 1 fully saturated rings. The third-order valence-corrected chi connectivity index (χ3v) is 5.62. The predicted octanol–water partition coefficient (Wildman–Crippen LogP) is 2.48. The number of amides is 2. The summed E-state index contributed by atoms with van der Waals surface area (Å²) in [5, 5.41) is 0.300. The minimum absolute atomic E-state index is 0.143. The fourth-order valence-electron chi connectivity index (χ4n) is 3.70. The van der Waals surface area contributed by atoms with Gasteiger partial charge in [-0.05, 0) is 24.3 Å². The lowest BCUT2D eigenvalue weighted by Gasteiger charge is -2.37. The molecule has 2 aromatic carbocycles. The average Bonchev–Trinajstić information content (AvgIpc) is 2.82. The molecule has 0 spiro atoms. The minimum atomic E-state index is -0.693. The number of hydrogen-bond acceptors (Lipinski definition) is 6. The molecule has 8 nitrogen and oxygen atoms in total. The van der Waals surface area contributed by atoms with Crippen LogP contribution in [-0.4, -0.2) is 74.7 Å². The molecule has 0 unspecified atom stereocenters. The molecular weight excluding hydrogens is 424 g/mol. The first kappa shape index (κ1) is 21.1. The second-order valence-electron chi connectivity index (χ2n) is 7.18. The molecule has 164 valence electrons. The molecular formula is C22H23ClN2O6. The van der Waals surface area contributed by atoms with E-state index in [9.17, 15) is 9.59 Å². The molecule has 2 heterocycles. The van der Waals surface area contributed by atoms with Gasteiger partial charge in [-0.3, -0.25) is 9.59 Å². The maximum absolute atomic E-state index is 13.0. The number of fused-ring (bicyclic) bond motifs is 1. The Hall–Kier alpha value is -3.13. The molecule has 0 saturated carbocycles. The smallest absolute Gasteiger partial charge is 0.267 e. The molecule has 9 heteroatoms. The van der Waals surface area contributed by atoms with Crippen LogP contribution in [0.25, 0.3) is 0 Å². The molecule has 1 atom stereocenters. The summed E-state index contributed by atoms with van der Waals surface area (Å²) in [7, 11) is 2.98. The van der Waals surface area contributed by atoms with Gasteiger partial charge in [0, 0.05) is 31.7 Å². The van der Waals surface area contributed by atoms with E-state index in [0.29, 0.717) is 59.8 Å². The Morgan fingerprint density at radius 2 is 1.68 bits per heavy atom. The molecule has 31 heavy (non-hydrogen) atoms. The molecule has 4 rings (SSSR count). The zero-order chi connectivity index (χ0) is 22.0. The van der Waals surface area contributed by atoms with Gasteiger partial charge in [0.2, 0.25) is 6.10 Å². The number of halogens is 1. The molecule has 0 bridgehead atoms. The van der Waals surface area contributed by atoms with Crippen LogP contribution in [0.4, 0.5) is 0 Å². The second-order valence-corrected chi connectivity index (χ2v) is 7.58. The Bertz CT molecular complexity index is 990. The van der Waals surface area contributed by atoms with E-state index in [0.717, 1.165) is 0 Å². The number of nitrogens with zero attached hydrogens (tertiary/aromatic N) is 2. The predicted molar refractivity (Wildman–Crippen MR) is 113 cm³/mol. The van der Waals surface area contributed by atoms with Crippen molar-refractivity contribution in [1.29, 1.82) is 0 Å². The van der Waals surface area contributed by atoms with Crippen molar-refractivity contribution in [3.05, 3.63) is 47.0 Å². The SMILES string of the molecule is COc1cc(C(=O)N2CCN(C(=O)[C@@H]3COc4ccccc4O3)CC2)cc(Cl)c1OC. The molecule has 0 aliphatic carbocycles. The summed E-state index contributed by atoms with van der Waals surface area (Å²) in [4.78, 5) is 29.2. The minimum Gasteiger partial charge on any atom is -0.493 e. The summed E-state index contributed by atoms with van der Waals surface area (Å²) in [5.74, 6) is 1.65. The highest BCUT2D eigenvalue weighted by Crippen LogP contribution is 2.36. The van der Waals surface area contributed by atoms with E-state index >= 15 is 0 Å². The molecule has 2 aromatic rings. The highest BCUT2D eigenvalue weighted by Gasteiger charge is 2.33. The fourth-order valence-corrected chi connectivity index (χ4v) is 3.99. The summed E-state index contributed by atoms with van der Waals surface area (Å²) in [6.45, 7) is 1.79. The molecule has 0 radical (unpaired) electrons. The number of benzene rings is 2. The molecule has 2 amide bonds. The Morgan fingerprint density at radius 1 is 1.00 bits per heavy atom. The number of carbonyl (C=O) groups excluding carboxylic acids is 2. The van der Waals surface area contributed by atoms with Crippen LogP contribution in [0.3, 0.4) is 0 Å². The molecule has 0 aromatic heterocycles. The summed E-state index contributed by atoms with van der Waals surface area (Å²) in [6.07, 6.45) is -0.693. The Balaban J connectivity index is 1.38. The van der Waals surface area contributed by atoms with Crippen LogP contribution in [-0.2, 0) is 4.79 Å². The van der Waals surface area contributed by atoms with Crippen molar-refractivity contribution in [3.63, 3.8) is 0 Å². The first-order valence-corrected chi connectivity index (χ1v) is 10.3. The van der Waals surface area contributed by atoms with Gasteiger partial charge in [-0.2, -0.15) is 0 Å². The average molecular weight is 447 g/mol. The van der Waals surface area contributed by atoms with E-state index < -0.39 is 6.10 Å². The first-order chi connectivity index (χ1) is 15.0. The van der Waals surface area contributed by atoms with Crippen LogP contribution < -0.4 is 18.9 Å². The molecule has 0 N–H and O–H groups in total. The number of carbonyl (C=O) groups is 2. The number of methoxy groups -OCH3 is 2. The number of ether oxygens (including phenoxy) is 4. The number of para-hydroxylation sites is 2. The Labute approximate surface area is 185 Å². The van der Waals surface area contributed by atoms with E-state index in [2.05, 4.69) is 0 Å². The first-order valence-electron chi connectivity index (χ1n) is 9.90. The Kier molecular flexibility index (Phi) is 6.08. The van der Waals surface area contributed by atoms with Crippen molar-refractivity contribution >= 4 is 23.4 Å². The standard InChI is InChI=1S/C22H23ClN2O6/c1-28-18-12-14(11-15(23)20(18)29-2)21(26)24-7-9-25(10-8-24)22(27)19-13-30-16-5-3-4-6-17(16)31-19/h3-6,11-12,19H,7-10,13H2,1-2H3/t19-/m0/s1. The van der Waals surface area contributed by atoms with Gasteiger partial charge in [-0.1, -0.05) is 23.7 Å². The highest BCUT2D eigenvalue weighted by atomic mass is 35.5. The summed E-state index contributed by atoms with van der Waals surface area (Å²) >= 11 is 6.23. The number of hydrogen-bond donors (Lipinski definition) is 0. The van der Waals surface area contributed by atoms with Gasteiger partial charge >= 0.3 is 0 Å². The van der Waals surface area contributed by atoms with Crippen molar-refractivity contribution in [2.75, 3.05) is 47.0 Å². The van der Waals surface area contributed by atoms with E-state index in [-0.39, 0.29) is 18.4 Å². The number of piperazine rings is 1. The Morgan fingerprint density at radius 3 is 2.35 bits per heavy atom. The lowest BCUT2D eigenvalue weighted by molar-refractivity contribution is -0.142. The van der Waals surface area contributed by atoms with Crippen molar-refractivity contribution in [1.82, 2.24) is 9.80 Å². The number of rotatable bonds is 4. The summed E-state index contributed by atoms with van der Waals surface area (Å²) in [5.41, 5.74) is 0.406. The van der Waals surface area contributed by atoms with Crippen LogP contribution >= 0.6 is 11.6 Å². The second kappa shape index (κ2) is 8.93. The monoisotopic (exact) mass is 446 g/mol. The third kappa shape index (κ3) is 4.20. The fraction of sp³-hybridized carbons (Fsp3) is 0.364. The van der Waals surface area contributed by atoms with E-state index in [4.69, 9.17) is 30.5 Å². The van der Waals surface area contributed by atoms with Crippen molar-refractivity contribution in [2.45, 2.75) is 6.10 Å². The van der Waals surface area contributed by atoms with Gasteiger partial charge in [0.1, 0.15) is 6.61 Å².